The SMILES string of the molecule is Cc1ccc(N)cc1C(=O)NCCN(C)C1CCCC1. The first-order valence-electron chi connectivity index (χ1n) is 7.42. The zero-order valence-electron chi connectivity index (χ0n) is 12.5. The summed E-state index contributed by atoms with van der Waals surface area (Å²) in [5, 5.41) is 2.99. The smallest absolute Gasteiger partial charge is 0.251 e. The molecule has 0 heterocycles. The Morgan fingerprint density at radius 3 is 2.80 bits per heavy atom. The van der Waals surface area contributed by atoms with Crippen molar-refractivity contribution >= 4 is 11.6 Å². The van der Waals surface area contributed by atoms with E-state index < -0.39 is 0 Å². The molecular weight excluding hydrogens is 250 g/mol. The molecule has 1 aliphatic rings. The maximum absolute atomic E-state index is 12.1. The highest BCUT2D eigenvalue weighted by atomic mass is 16.1. The number of aryl methyl sites for hydroxylation is 1. The second kappa shape index (κ2) is 6.75. The lowest BCUT2D eigenvalue weighted by molar-refractivity contribution is 0.0946. The van der Waals surface area contributed by atoms with E-state index in [0.717, 1.165) is 12.1 Å². The minimum Gasteiger partial charge on any atom is -0.399 e. The summed E-state index contributed by atoms with van der Waals surface area (Å²) < 4.78 is 0. The minimum atomic E-state index is -0.0328. The number of benzene rings is 1. The third-order valence-electron chi connectivity index (χ3n) is 4.20. The molecular formula is C16H25N3O. The number of carbonyl (C=O) groups excluding carboxylic acids is 1. The Kier molecular flexibility index (Phi) is 5.01. The quantitative estimate of drug-likeness (QED) is 0.810. The van der Waals surface area contributed by atoms with Gasteiger partial charge in [0.25, 0.3) is 5.91 Å². The maximum Gasteiger partial charge on any atom is 0.251 e. The van der Waals surface area contributed by atoms with E-state index in [1.54, 1.807) is 6.07 Å². The Morgan fingerprint density at radius 2 is 2.10 bits per heavy atom. The minimum absolute atomic E-state index is 0.0328. The average Bonchev–Trinajstić information content (AvgIpc) is 2.95. The third kappa shape index (κ3) is 3.73. The van der Waals surface area contributed by atoms with Crippen molar-refractivity contribution in [3.63, 3.8) is 0 Å². The second-order valence-electron chi connectivity index (χ2n) is 5.75. The van der Waals surface area contributed by atoms with E-state index in [4.69, 9.17) is 5.73 Å². The van der Waals surface area contributed by atoms with Crippen LogP contribution in [0.1, 0.15) is 41.6 Å². The monoisotopic (exact) mass is 275 g/mol. The summed E-state index contributed by atoms with van der Waals surface area (Å²) in [7, 11) is 2.15. The zero-order valence-corrected chi connectivity index (χ0v) is 12.5. The highest BCUT2D eigenvalue weighted by Crippen LogP contribution is 2.21. The Balaban J connectivity index is 1.81. The summed E-state index contributed by atoms with van der Waals surface area (Å²) in [5.41, 5.74) is 8.00. The topological polar surface area (TPSA) is 58.4 Å². The number of carbonyl (C=O) groups is 1. The van der Waals surface area contributed by atoms with Crippen LogP contribution in [0.2, 0.25) is 0 Å². The molecule has 0 unspecified atom stereocenters. The molecule has 1 aromatic rings. The molecule has 0 spiro atoms. The van der Waals surface area contributed by atoms with Crippen LogP contribution in [0.3, 0.4) is 0 Å². The number of likely N-dealkylation sites (N-methyl/N-ethyl adjacent to an activating group) is 1. The Bertz CT molecular complexity index is 467. The molecule has 1 aliphatic carbocycles. The summed E-state index contributed by atoms with van der Waals surface area (Å²) in [4.78, 5) is 14.5. The van der Waals surface area contributed by atoms with Crippen molar-refractivity contribution in [2.45, 2.75) is 38.6 Å². The predicted octanol–water partition coefficient (Wildman–Crippen LogP) is 2.18. The van der Waals surface area contributed by atoms with Gasteiger partial charge in [-0.1, -0.05) is 18.9 Å². The van der Waals surface area contributed by atoms with Crippen LogP contribution in [0.4, 0.5) is 5.69 Å². The summed E-state index contributed by atoms with van der Waals surface area (Å²) in [5.74, 6) is -0.0328. The molecule has 4 heteroatoms. The van der Waals surface area contributed by atoms with Crippen molar-refractivity contribution in [3.8, 4) is 0 Å². The van der Waals surface area contributed by atoms with Crippen LogP contribution in [0.25, 0.3) is 0 Å². The number of nitrogens with zero attached hydrogens (tertiary/aromatic N) is 1. The van der Waals surface area contributed by atoms with Gasteiger partial charge in [-0.05, 0) is 44.5 Å². The van der Waals surface area contributed by atoms with Crippen LogP contribution < -0.4 is 11.1 Å². The van der Waals surface area contributed by atoms with Gasteiger partial charge in [-0.15, -0.1) is 0 Å². The van der Waals surface area contributed by atoms with E-state index in [9.17, 15) is 4.79 Å². The van der Waals surface area contributed by atoms with Crippen molar-refractivity contribution in [2.75, 3.05) is 25.9 Å². The fourth-order valence-electron chi connectivity index (χ4n) is 2.85. The fourth-order valence-corrected chi connectivity index (χ4v) is 2.85. The van der Waals surface area contributed by atoms with Gasteiger partial charge in [0.05, 0.1) is 0 Å². The lowest BCUT2D eigenvalue weighted by Gasteiger charge is -2.24. The Hall–Kier alpha value is -1.55. The van der Waals surface area contributed by atoms with Gasteiger partial charge in [0.1, 0.15) is 0 Å². The standard InChI is InChI=1S/C16H25N3O/c1-12-7-8-13(17)11-15(12)16(20)18-9-10-19(2)14-5-3-4-6-14/h7-8,11,14H,3-6,9-10,17H2,1-2H3,(H,18,20). The first-order valence-corrected chi connectivity index (χ1v) is 7.42. The van der Waals surface area contributed by atoms with E-state index in [2.05, 4.69) is 17.3 Å². The summed E-state index contributed by atoms with van der Waals surface area (Å²) in [6, 6.07) is 6.14. The number of hydrogen-bond acceptors (Lipinski definition) is 3. The largest absolute Gasteiger partial charge is 0.399 e. The lowest BCUT2D eigenvalue weighted by atomic mass is 10.1. The molecule has 1 amide bonds. The van der Waals surface area contributed by atoms with Gasteiger partial charge in [0, 0.05) is 30.4 Å². The maximum atomic E-state index is 12.1. The van der Waals surface area contributed by atoms with Gasteiger partial charge in [0.2, 0.25) is 0 Å². The van der Waals surface area contributed by atoms with Gasteiger partial charge in [-0.3, -0.25) is 4.79 Å². The molecule has 0 aromatic heterocycles. The van der Waals surface area contributed by atoms with Gasteiger partial charge in [-0.25, -0.2) is 0 Å². The average molecular weight is 275 g/mol. The molecule has 2 rings (SSSR count). The normalized spacial score (nSPS) is 15.8. The van der Waals surface area contributed by atoms with E-state index >= 15 is 0 Å². The summed E-state index contributed by atoms with van der Waals surface area (Å²) in [6.45, 7) is 3.51. The zero-order chi connectivity index (χ0) is 14.5. The Morgan fingerprint density at radius 1 is 1.40 bits per heavy atom. The number of nitrogens with one attached hydrogen (secondary N) is 1. The van der Waals surface area contributed by atoms with Gasteiger partial charge in [0.15, 0.2) is 0 Å². The van der Waals surface area contributed by atoms with E-state index in [1.807, 2.05) is 19.1 Å². The van der Waals surface area contributed by atoms with Gasteiger partial charge >= 0.3 is 0 Å². The number of amides is 1. The summed E-state index contributed by atoms with van der Waals surface area (Å²) in [6.07, 6.45) is 5.26. The highest BCUT2D eigenvalue weighted by molar-refractivity contribution is 5.96. The Labute approximate surface area is 121 Å². The lowest BCUT2D eigenvalue weighted by Crippen LogP contribution is -2.37. The molecule has 110 valence electrons. The van der Waals surface area contributed by atoms with Crippen molar-refractivity contribution in [2.24, 2.45) is 0 Å². The predicted molar refractivity (Wildman–Crippen MR) is 82.8 cm³/mol. The number of nitrogen functional groups attached to an aromatic ring is 1. The van der Waals surface area contributed by atoms with Crippen LogP contribution in [0.5, 0.6) is 0 Å². The van der Waals surface area contributed by atoms with E-state index in [1.165, 1.54) is 25.7 Å². The molecule has 3 N–H and O–H groups in total. The van der Waals surface area contributed by atoms with E-state index in [-0.39, 0.29) is 5.91 Å². The number of anilines is 1. The molecule has 0 radical (unpaired) electrons. The second-order valence-corrected chi connectivity index (χ2v) is 5.75. The molecule has 4 nitrogen and oxygen atoms in total. The number of nitrogens with two attached hydrogens (primary N) is 1. The molecule has 1 saturated carbocycles. The van der Waals surface area contributed by atoms with Crippen LogP contribution in [-0.2, 0) is 0 Å². The first-order chi connectivity index (χ1) is 9.58. The molecule has 0 aliphatic heterocycles. The number of rotatable bonds is 5. The third-order valence-corrected chi connectivity index (χ3v) is 4.20. The summed E-state index contributed by atoms with van der Waals surface area (Å²) >= 11 is 0. The number of hydrogen-bond donors (Lipinski definition) is 2. The van der Waals surface area contributed by atoms with Crippen molar-refractivity contribution in [1.82, 2.24) is 10.2 Å². The van der Waals surface area contributed by atoms with Gasteiger partial charge in [-0.2, -0.15) is 0 Å². The van der Waals surface area contributed by atoms with Crippen LogP contribution in [0, 0.1) is 6.92 Å². The molecule has 1 fully saturated rings. The first kappa shape index (κ1) is 14.9. The molecule has 1 aromatic carbocycles. The molecule has 20 heavy (non-hydrogen) atoms. The molecule has 0 saturated heterocycles. The van der Waals surface area contributed by atoms with Crippen LogP contribution >= 0.6 is 0 Å². The van der Waals surface area contributed by atoms with Crippen LogP contribution in [0.15, 0.2) is 18.2 Å². The molecule has 0 bridgehead atoms. The van der Waals surface area contributed by atoms with E-state index in [0.29, 0.717) is 23.8 Å². The van der Waals surface area contributed by atoms with Crippen LogP contribution in [-0.4, -0.2) is 37.0 Å². The molecule has 0 atom stereocenters. The highest BCUT2D eigenvalue weighted by Gasteiger charge is 2.19. The van der Waals surface area contributed by atoms with Gasteiger partial charge < -0.3 is 16.0 Å². The van der Waals surface area contributed by atoms with Crippen molar-refractivity contribution in [3.05, 3.63) is 29.3 Å². The van der Waals surface area contributed by atoms with Crippen molar-refractivity contribution < 1.29 is 4.79 Å². The van der Waals surface area contributed by atoms with Crippen molar-refractivity contribution in [1.29, 1.82) is 0 Å². The fraction of sp³-hybridized carbons (Fsp3) is 0.562.